The summed E-state index contributed by atoms with van der Waals surface area (Å²) < 4.78 is 1.15. The number of anilines is 1. The summed E-state index contributed by atoms with van der Waals surface area (Å²) in [7, 11) is 0. The van der Waals surface area contributed by atoms with E-state index in [0.717, 1.165) is 54.2 Å². The number of aliphatic hydroxyl groups is 1. The molecule has 3 heterocycles. The molecule has 5 heteroatoms. The zero-order valence-corrected chi connectivity index (χ0v) is 13.2. The lowest BCUT2D eigenvalue weighted by Crippen LogP contribution is -2.45. The molecule has 1 saturated heterocycles. The van der Waals surface area contributed by atoms with Crippen molar-refractivity contribution in [1.29, 1.82) is 0 Å². The van der Waals surface area contributed by atoms with E-state index in [-0.39, 0.29) is 12.0 Å². The molecule has 1 fully saturated rings. The maximum atomic E-state index is 9.86. The van der Waals surface area contributed by atoms with Gasteiger partial charge in [0.25, 0.3) is 0 Å². The molecular weight excluding hydrogens is 282 g/mol. The van der Waals surface area contributed by atoms with Crippen LogP contribution >= 0.6 is 11.3 Å². The van der Waals surface area contributed by atoms with E-state index in [4.69, 9.17) is 0 Å². The first-order valence-corrected chi connectivity index (χ1v) is 8.24. The number of aromatic nitrogens is 2. The number of rotatable bonds is 4. The van der Waals surface area contributed by atoms with Crippen LogP contribution in [0.4, 0.5) is 5.82 Å². The maximum Gasteiger partial charge on any atom is 0.150 e. The Morgan fingerprint density at radius 1 is 1.52 bits per heavy atom. The number of aryl methyl sites for hydroxylation is 1. The summed E-state index contributed by atoms with van der Waals surface area (Å²) in [6.45, 7) is 7.81. The maximum absolute atomic E-state index is 9.86. The molecular formula is C16H21N3OS. The lowest BCUT2D eigenvalue weighted by atomic mass is 9.78. The molecule has 2 aromatic heterocycles. The molecule has 1 unspecified atom stereocenters. The third-order valence-electron chi connectivity index (χ3n) is 4.27. The molecule has 0 saturated carbocycles. The molecule has 1 aliphatic heterocycles. The minimum Gasteiger partial charge on any atom is -0.396 e. The van der Waals surface area contributed by atoms with Crippen molar-refractivity contribution in [3.8, 4) is 0 Å². The average Bonchev–Trinajstić information content (AvgIpc) is 2.95. The second kappa shape index (κ2) is 5.73. The highest BCUT2D eigenvalue weighted by molar-refractivity contribution is 7.17. The smallest absolute Gasteiger partial charge is 0.150 e. The van der Waals surface area contributed by atoms with Crippen molar-refractivity contribution in [3.05, 3.63) is 29.9 Å². The number of aliphatic hydroxyl groups excluding tert-OH is 1. The number of piperidine rings is 1. The molecule has 3 rings (SSSR count). The average molecular weight is 303 g/mol. The quantitative estimate of drug-likeness (QED) is 0.882. The Balaban J connectivity index is 1.98. The van der Waals surface area contributed by atoms with Gasteiger partial charge in [0.1, 0.15) is 11.6 Å². The standard InChI is InChI=1S/C16H21N3OS/c1-3-6-16(11-20)7-4-8-19(10-16)15-14-13(5-9-21-14)17-12(2)18-15/h3,5,9,20H,1,4,6-8,10-11H2,2H3. The molecule has 1 aliphatic rings. The second-order valence-electron chi connectivity index (χ2n) is 5.91. The number of hydrogen-bond acceptors (Lipinski definition) is 5. The summed E-state index contributed by atoms with van der Waals surface area (Å²) in [5.74, 6) is 1.83. The van der Waals surface area contributed by atoms with Crippen molar-refractivity contribution in [1.82, 2.24) is 9.97 Å². The lowest BCUT2D eigenvalue weighted by Gasteiger charge is -2.42. The van der Waals surface area contributed by atoms with E-state index in [1.807, 2.05) is 19.1 Å². The molecule has 112 valence electrons. The summed E-state index contributed by atoms with van der Waals surface area (Å²) in [6, 6.07) is 2.05. The Bertz CT molecular complexity index is 654. The van der Waals surface area contributed by atoms with Gasteiger partial charge in [-0.25, -0.2) is 9.97 Å². The summed E-state index contributed by atoms with van der Waals surface area (Å²) >= 11 is 1.69. The molecule has 4 nitrogen and oxygen atoms in total. The summed E-state index contributed by atoms with van der Waals surface area (Å²) in [5, 5.41) is 11.9. The van der Waals surface area contributed by atoms with Crippen LogP contribution in [-0.4, -0.2) is 34.8 Å². The van der Waals surface area contributed by atoms with Gasteiger partial charge in [-0.05, 0) is 37.6 Å². The zero-order chi connectivity index (χ0) is 14.9. The van der Waals surface area contributed by atoms with Crippen LogP contribution in [0.25, 0.3) is 10.2 Å². The van der Waals surface area contributed by atoms with Gasteiger partial charge in [0, 0.05) is 18.5 Å². The molecule has 0 spiro atoms. The van der Waals surface area contributed by atoms with E-state index in [1.165, 1.54) is 0 Å². The molecule has 21 heavy (non-hydrogen) atoms. The van der Waals surface area contributed by atoms with E-state index in [1.54, 1.807) is 11.3 Å². The summed E-state index contributed by atoms with van der Waals surface area (Å²) in [4.78, 5) is 11.5. The Labute approximate surface area is 129 Å². The van der Waals surface area contributed by atoms with Gasteiger partial charge in [-0.1, -0.05) is 6.08 Å². The summed E-state index contributed by atoms with van der Waals surface area (Å²) in [6.07, 6.45) is 4.89. The fraction of sp³-hybridized carbons (Fsp3) is 0.500. The zero-order valence-electron chi connectivity index (χ0n) is 12.4. The third kappa shape index (κ3) is 2.68. The molecule has 2 aromatic rings. The van der Waals surface area contributed by atoms with Crippen LogP contribution in [0.3, 0.4) is 0 Å². The highest BCUT2D eigenvalue weighted by Crippen LogP contribution is 2.37. The van der Waals surface area contributed by atoms with Crippen LogP contribution < -0.4 is 4.90 Å². The van der Waals surface area contributed by atoms with E-state index in [9.17, 15) is 5.11 Å². The van der Waals surface area contributed by atoms with E-state index in [0.29, 0.717) is 0 Å². The van der Waals surface area contributed by atoms with Gasteiger partial charge in [-0.3, -0.25) is 0 Å². The molecule has 1 atom stereocenters. The molecule has 0 aliphatic carbocycles. The van der Waals surface area contributed by atoms with Crippen molar-refractivity contribution >= 4 is 27.4 Å². The van der Waals surface area contributed by atoms with Crippen LogP contribution in [0, 0.1) is 12.3 Å². The molecule has 0 radical (unpaired) electrons. The van der Waals surface area contributed by atoms with Crippen LogP contribution in [0.15, 0.2) is 24.1 Å². The van der Waals surface area contributed by atoms with Gasteiger partial charge in [0.2, 0.25) is 0 Å². The van der Waals surface area contributed by atoms with Crippen LogP contribution in [-0.2, 0) is 0 Å². The first-order chi connectivity index (χ1) is 10.2. The van der Waals surface area contributed by atoms with Crippen LogP contribution in [0.2, 0.25) is 0 Å². The van der Waals surface area contributed by atoms with Gasteiger partial charge in [0.15, 0.2) is 0 Å². The topological polar surface area (TPSA) is 49.2 Å². The highest BCUT2D eigenvalue weighted by atomic mass is 32.1. The van der Waals surface area contributed by atoms with Crippen molar-refractivity contribution in [2.45, 2.75) is 26.2 Å². The third-order valence-corrected chi connectivity index (χ3v) is 5.17. The predicted molar refractivity (Wildman–Crippen MR) is 87.9 cm³/mol. The van der Waals surface area contributed by atoms with Crippen LogP contribution in [0.1, 0.15) is 25.1 Å². The largest absolute Gasteiger partial charge is 0.396 e. The van der Waals surface area contributed by atoms with Gasteiger partial charge < -0.3 is 10.0 Å². The number of fused-ring (bicyclic) bond motifs is 1. The van der Waals surface area contributed by atoms with E-state index >= 15 is 0 Å². The number of thiophene rings is 1. The molecule has 0 amide bonds. The van der Waals surface area contributed by atoms with Crippen LogP contribution in [0.5, 0.6) is 0 Å². The van der Waals surface area contributed by atoms with Gasteiger partial charge in [0.05, 0.1) is 16.8 Å². The molecule has 1 N–H and O–H groups in total. The Morgan fingerprint density at radius 3 is 3.14 bits per heavy atom. The molecule has 0 bridgehead atoms. The fourth-order valence-corrected chi connectivity index (χ4v) is 4.08. The first kappa shape index (κ1) is 14.5. The van der Waals surface area contributed by atoms with E-state index < -0.39 is 0 Å². The van der Waals surface area contributed by atoms with Crippen molar-refractivity contribution in [2.24, 2.45) is 5.41 Å². The number of hydrogen-bond donors (Lipinski definition) is 1. The predicted octanol–water partition coefficient (Wildman–Crippen LogP) is 3.15. The Morgan fingerprint density at radius 2 is 2.38 bits per heavy atom. The Kier molecular flexibility index (Phi) is 3.95. The Hall–Kier alpha value is -1.46. The molecule has 0 aromatic carbocycles. The van der Waals surface area contributed by atoms with Gasteiger partial charge >= 0.3 is 0 Å². The minimum absolute atomic E-state index is 0.0809. The first-order valence-electron chi connectivity index (χ1n) is 7.36. The van der Waals surface area contributed by atoms with Gasteiger partial charge in [-0.2, -0.15) is 0 Å². The van der Waals surface area contributed by atoms with Crippen molar-refractivity contribution < 1.29 is 5.11 Å². The second-order valence-corrected chi connectivity index (χ2v) is 6.82. The highest BCUT2D eigenvalue weighted by Gasteiger charge is 2.35. The van der Waals surface area contributed by atoms with Gasteiger partial charge in [-0.15, -0.1) is 17.9 Å². The monoisotopic (exact) mass is 303 g/mol. The van der Waals surface area contributed by atoms with E-state index in [2.05, 4.69) is 26.8 Å². The lowest BCUT2D eigenvalue weighted by molar-refractivity contribution is 0.108. The minimum atomic E-state index is -0.0809. The summed E-state index contributed by atoms with van der Waals surface area (Å²) in [5.41, 5.74) is 0.939. The van der Waals surface area contributed by atoms with Crippen molar-refractivity contribution in [2.75, 3.05) is 24.6 Å². The SMILES string of the molecule is C=CCC1(CO)CCCN(c2nc(C)nc3ccsc23)C1. The number of nitrogens with zero attached hydrogens (tertiary/aromatic N) is 3. The number of allylic oxidation sites excluding steroid dienone is 1. The fourth-order valence-electron chi connectivity index (χ4n) is 3.23. The van der Waals surface area contributed by atoms with Crippen molar-refractivity contribution in [3.63, 3.8) is 0 Å². The normalized spacial score (nSPS) is 22.7.